The quantitative estimate of drug-likeness (QED) is 0.910. The number of carbonyl (C=O) groups is 2. The number of carbonyl (C=O) groups excluding carboxylic acids is 2. The Balaban J connectivity index is 1.55. The molecule has 0 saturated carbocycles. The van der Waals surface area contributed by atoms with E-state index in [1.807, 2.05) is 39.0 Å². The van der Waals surface area contributed by atoms with Crippen molar-refractivity contribution in [2.45, 2.75) is 50.4 Å². The second kappa shape index (κ2) is 5.76. The standard InChI is InChI=1S/C18H21N3O3S/c1-10(2)17-20-12-8-11(4-5-14(12)24-17)19-16(23)13-9-25-18(3)7-6-15(22)21(13)18/h4-5,8,10,13H,6-7,9H2,1-3H3,(H,19,23). The van der Waals surface area contributed by atoms with Gasteiger partial charge in [0.1, 0.15) is 11.6 Å². The number of nitrogens with zero attached hydrogens (tertiary/aromatic N) is 2. The number of amides is 2. The van der Waals surface area contributed by atoms with Crippen molar-refractivity contribution in [2.75, 3.05) is 11.1 Å². The molecule has 2 aliphatic heterocycles. The lowest BCUT2D eigenvalue weighted by Gasteiger charge is -2.29. The summed E-state index contributed by atoms with van der Waals surface area (Å²) >= 11 is 1.69. The van der Waals surface area contributed by atoms with Crippen molar-refractivity contribution < 1.29 is 14.0 Å². The van der Waals surface area contributed by atoms with Crippen LogP contribution in [-0.2, 0) is 9.59 Å². The average molecular weight is 359 g/mol. The van der Waals surface area contributed by atoms with Crippen LogP contribution in [0.25, 0.3) is 11.1 Å². The van der Waals surface area contributed by atoms with Crippen LogP contribution in [0, 0.1) is 0 Å². The summed E-state index contributed by atoms with van der Waals surface area (Å²) in [5.74, 6) is 1.46. The van der Waals surface area contributed by atoms with E-state index in [0.717, 1.165) is 11.9 Å². The molecule has 0 spiro atoms. The van der Waals surface area contributed by atoms with E-state index >= 15 is 0 Å². The molecular weight excluding hydrogens is 338 g/mol. The lowest BCUT2D eigenvalue weighted by molar-refractivity contribution is -0.135. The van der Waals surface area contributed by atoms with Gasteiger partial charge in [-0.15, -0.1) is 11.8 Å². The molecule has 2 unspecified atom stereocenters. The molecule has 7 heteroatoms. The number of hydrogen-bond donors (Lipinski definition) is 1. The van der Waals surface area contributed by atoms with E-state index in [4.69, 9.17) is 4.42 Å². The third-order valence-corrected chi connectivity index (χ3v) is 6.42. The van der Waals surface area contributed by atoms with Gasteiger partial charge in [0, 0.05) is 23.8 Å². The second-order valence-electron chi connectivity index (χ2n) is 7.14. The number of benzene rings is 1. The lowest BCUT2D eigenvalue weighted by atomic mass is 10.2. The van der Waals surface area contributed by atoms with Gasteiger partial charge >= 0.3 is 0 Å². The largest absolute Gasteiger partial charge is 0.440 e. The van der Waals surface area contributed by atoms with E-state index in [9.17, 15) is 9.59 Å². The number of anilines is 1. The number of oxazole rings is 1. The highest BCUT2D eigenvalue weighted by Crippen LogP contribution is 2.47. The molecule has 1 aromatic heterocycles. The maximum absolute atomic E-state index is 12.7. The zero-order chi connectivity index (χ0) is 17.8. The molecule has 0 radical (unpaired) electrons. The summed E-state index contributed by atoms with van der Waals surface area (Å²) in [6, 6.07) is 5.03. The monoisotopic (exact) mass is 359 g/mol. The summed E-state index contributed by atoms with van der Waals surface area (Å²) in [6.07, 6.45) is 1.33. The maximum Gasteiger partial charge on any atom is 0.248 e. The van der Waals surface area contributed by atoms with E-state index in [2.05, 4.69) is 10.3 Å². The van der Waals surface area contributed by atoms with E-state index in [1.54, 1.807) is 16.7 Å². The van der Waals surface area contributed by atoms with Gasteiger partial charge in [-0.3, -0.25) is 9.59 Å². The van der Waals surface area contributed by atoms with Crippen LogP contribution in [0.3, 0.4) is 0 Å². The Morgan fingerprint density at radius 1 is 1.48 bits per heavy atom. The number of thioether (sulfide) groups is 1. The molecule has 2 amide bonds. The van der Waals surface area contributed by atoms with Crippen molar-refractivity contribution in [3.05, 3.63) is 24.1 Å². The fourth-order valence-corrected chi connectivity index (χ4v) is 4.94. The molecule has 2 aliphatic rings. The molecule has 2 fully saturated rings. The van der Waals surface area contributed by atoms with Gasteiger partial charge in [-0.2, -0.15) is 0 Å². The van der Waals surface area contributed by atoms with Gasteiger partial charge in [-0.25, -0.2) is 4.98 Å². The van der Waals surface area contributed by atoms with Crippen LogP contribution in [0.15, 0.2) is 22.6 Å². The molecule has 2 atom stereocenters. The fourth-order valence-electron chi connectivity index (χ4n) is 3.51. The smallest absolute Gasteiger partial charge is 0.248 e. The van der Waals surface area contributed by atoms with Crippen LogP contribution in [0.4, 0.5) is 5.69 Å². The first kappa shape index (κ1) is 16.4. The van der Waals surface area contributed by atoms with Crippen molar-refractivity contribution in [1.29, 1.82) is 0 Å². The molecular formula is C18H21N3O3S. The zero-order valence-electron chi connectivity index (χ0n) is 14.5. The Labute approximate surface area is 150 Å². The molecule has 25 heavy (non-hydrogen) atoms. The van der Waals surface area contributed by atoms with Gasteiger partial charge in [0.2, 0.25) is 11.8 Å². The Bertz CT molecular complexity index is 862. The van der Waals surface area contributed by atoms with Crippen LogP contribution in [0.2, 0.25) is 0 Å². The Morgan fingerprint density at radius 3 is 3.04 bits per heavy atom. The van der Waals surface area contributed by atoms with Gasteiger partial charge in [0.05, 0.1) is 4.87 Å². The fraction of sp³-hybridized carbons (Fsp3) is 0.500. The third-order valence-electron chi connectivity index (χ3n) is 4.91. The van der Waals surface area contributed by atoms with Crippen molar-refractivity contribution in [3.63, 3.8) is 0 Å². The summed E-state index contributed by atoms with van der Waals surface area (Å²) in [5.41, 5.74) is 2.11. The van der Waals surface area contributed by atoms with Crippen molar-refractivity contribution in [1.82, 2.24) is 9.88 Å². The summed E-state index contributed by atoms with van der Waals surface area (Å²) in [5, 5.41) is 2.94. The van der Waals surface area contributed by atoms with E-state index in [1.165, 1.54) is 0 Å². The number of nitrogens with one attached hydrogen (secondary N) is 1. The van der Waals surface area contributed by atoms with Crippen molar-refractivity contribution in [2.24, 2.45) is 0 Å². The minimum absolute atomic E-state index is 0.0705. The van der Waals surface area contributed by atoms with Gasteiger partial charge in [-0.05, 0) is 31.5 Å². The van der Waals surface area contributed by atoms with Crippen LogP contribution in [-0.4, -0.2) is 38.4 Å². The van der Waals surface area contributed by atoms with Crippen molar-refractivity contribution >= 4 is 40.4 Å². The molecule has 2 saturated heterocycles. The lowest BCUT2D eigenvalue weighted by Crippen LogP contribution is -2.48. The normalized spacial score (nSPS) is 25.8. The van der Waals surface area contributed by atoms with Gasteiger partial charge in [-0.1, -0.05) is 13.8 Å². The maximum atomic E-state index is 12.7. The Kier molecular flexibility index (Phi) is 3.79. The topological polar surface area (TPSA) is 75.4 Å². The van der Waals surface area contributed by atoms with Crippen LogP contribution >= 0.6 is 11.8 Å². The van der Waals surface area contributed by atoms with E-state index in [0.29, 0.717) is 29.3 Å². The van der Waals surface area contributed by atoms with Gasteiger partial charge in [0.15, 0.2) is 11.5 Å². The third kappa shape index (κ3) is 2.70. The highest BCUT2D eigenvalue weighted by molar-refractivity contribution is 8.01. The average Bonchev–Trinajstić information content (AvgIpc) is 3.21. The highest BCUT2D eigenvalue weighted by Gasteiger charge is 2.52. The first-order chi connectivity index (χ1) is 11.9. The minimum Gasteiger partial charge on any atom is -0.440 e. The Morgan fingerprint density at radius 2 is 2.28 bits per heavy atom. The molecule has 0 aliphatic carbocycles. The minimum atomic E-state index is -0.413. The van der Waals surface area contributed by atoms with Gasteiger partial charge < -0.3 is 14.6 Å². The molecule has 3 heterocycles. The van der Waals surface area contributed by atoms with Gasteiger partial charge in [0.25, 0.3) is 0 Å². The second-order valence-corrected chi connectivity index (χ2v) is 8.65. The molecule has 6 nitrogen and oxygen atoms in total. The molecule has 1 N–H and O–H groups in total. The predicted molar refractivity (Wildman–Crippen MR) is 97.5 cm³/mol. The SMILES string of the molecule is CC(C)c1nc2cc(NC(=O)C3CSC4(C)CCC(=O)N34)ccc2o1. The number of aromatic nitrogens is 1. The first-order valence-corrected chi connectivity index (χ1v) is 9.53. The van der Waals surface area contributed by atoms with Crippen LogP contribution in [0.5, 0.6) is 0 Å². The van der Waals surface area contributed by atoms with E-state index < -0.39 is 6.04 Å². The highest BCUT2D eigenvalue weighted by atomic mass is 32.2. The molecule has 132 valence electrons. The number of fused-ring (bicyclic) bond motifs is 2. The van der Waals surface area contributed by atoms with E-state index in [-0.39, 0.29) is 22.6 Å². The number of hydrogen-bond acceptors (Lipinski definition) is 5. The summed E-state index contributed by atoms with van der Waals surface area (Å²) in [4.78, 5) is 30.9. The molecule has 2 aromatic rings. The van der Waals surface area contributed by atoms with Crippen molar-refractivity contribution in [3.8, 4) is 0 Å². The van der Waals surface area contributed by atoms with Crippen LogP contribution < -0.4 is 5.32 Å². The zero-order valence-corrected chi connectivity index (χ0v) is 15.4. The summed E-state index contributed by atoms with van der Waals surface area (Å²) in [7, 11) is 0. The molecule has 0 bridgehead atoms. The summed E-state index contributed by atoms with van der Waals surface area (Å²) in [6.45, 7) is 6.09. The van der Waals surface area contributed by atoms with Crippen LogP contribution in [0.1, 0.15) is 45.4 Å². The summed E-state index contributed by atoms with van der Waals surface area (Å²) < 4.78 is 5.69. The molecule has 1 aromatic carbocycles. The predicted octanol–water partition coefficient (Wildman–Crippen LogP) is 3.34. The first-order valence-electron chi connectivity index (χ1n) is 8.55. The molecule has 4 rings (SSSR count). The number of rotatable bonds is 3. The Hall–Kier alpha value is -2.02.